The monoisotopic (exact) mass is 266 g/mol. The quantitative estimate of drug-likeness (QED) is 0.517. The summed E-state index contributed by atoms with van der Waals surface area (Å²) in [7, 11) is 0. The highest BCUT2D eigenvalue weighted by Gasteiger charge is 2.13. The first kappa shape index (κ1) is 14.1. The van der Waals surface area contributed by atoms with Crippen molar-refractivity contribution in [3.63, 3.8) is 0 Å². The molecule has 1 amide bonds. The Labute approximate surface area is 119 Å². The summed E-state index contributed by atoms with van der Waals surface area (Å²) in [5, 5.41) is 11.9. The van der Waals surface area contributed by atoms with Crippen molar-refractivity contribution in [2.24, 2.45) is 5.92 Å². The molecule has 0 unspecified atom stereocenters. The molecule has 1 aromatic carbocycles. The highest BCUT2D eigenvalue weighted by Crippen LogP contribution is 2.20. The average Bonchev–Trinajstić information content (AvgIpc) is 2.52. The zero-order valence-electron chi connectivity index (χ0n) is 11.4. The van der Waals surface area contributed by atoms with E-state index in [0.717, 1.165) is 24.8 Å². The Bertz CT molecular complexity index is 552. The van der Waals surface area contributed by atoms with Crippen LogP contribution in [0.5, 0.6) is 0 Å². The Morgan fingerprint density at radius 1 is 1.35 bits per heavy atom. The first-order valence-electron chi connectivity index (χ1n) is 6.88. The minimum atomic E-state index is -0.286. The van der Waals surface area contributed by atoms with Crippen molar-refractivity contribution in [1.29, 1.82) is 5.26 Å². The molecule has 0 heterocycles. The van der Waals surface area contributed by atoms with Crippen LogP contribution in [0.1, 0.15) is 24.8 Å². The first-order chi connectivity index (χ1) is 9.79. The van der Waals surface area contributed by atoms with Gasteiger partial charge in [-0.05, 0) is 30.7 Å². The van der Waals surface area contributed by atoms with E-state index in [9.17, 15) is 4.79 Å². The lowest BCUT2D eigenvalue weighted by Gasteiger charge is -2.13. The molecule has 0 spiro atoms. The fraction of sp³-hybridized carbons (Fsp3) is 0.294. The number of hydrogen-bond acceptors (Lipinski definition) is 2. The third-order valence-corrected chi connectivity index (χ3v) is 3.37. The van der Waals surface area contributed by atoms with Gasteiger partial charge in [-0.2, -0.15) is 5.26 Å². The predicted octanol–water partition coefficient (Wildman–Crippen LogP) is 3.11. The third kappa shape index (κ3) is 4.10. The maximum atomic E-state index is 12.0. The summed E-state index contributed by atoms with van der Waals surface area (Å²) in [6, 6.07) is 11.7. The van der Waals surface area contributed by atoms with Gasteiger partial charge >= 0.3 is 0 Å². The van der Waals surface area contributed by atoms with Crippen LogP contribution in [0, 0.1) is 17.2 Å². The lowest BCUT2D eigenvalue weighted by Crippen LogP contribution is -2.24. The molecule has 0 fully saturated rings. The van der Waals surface area contributed by atoms with Gasteiger partial charge in [-0.15, -0.1) is 0 Å². The highest BCUT2D eigenvalue weighted by molar-refractivity contribution is 5.97. The van der Waals surface area contributed by atoms with Crippen molar-refractivity contribution in [3.05, 3.63) is 59.7 Å². The molecule has 1 aliphatic rings. The minimum Gasteiger partial charge on any atom is -0.347 e. The van der Waals surface area contributed by atoms with E-state index >= 15 is 0 Å². The molecule has 0 aliphatic heterocycles. The third-order valence-electron chi connectivity index (χ3n) is 3.37. The zero-order valence-corrected chi connectivity index (χ0v) is 11.4. The second-order valence-electron chi connectivity index (χ2n) is 4.90. The molecule has 0 aromatic heterocycles. The lowest BCUT2D eigenvalue weighted by molar-refractivity contribution is -0.117. The van der Waals surface area contributed by atoms with E-state index in [4.69, 9.17) is 5.26 Å². The lowest BCUT2D eigenvalue weighted by atomic mass is 9.92. The number of nitrogens with one attached hydrogen (secondary N) is 1. The van der Waals surface area contributed by atoms with E-state index in [1.807, 2.05) is 42.5 Å². The van der Waals surface area contributed by atoms with Crippen LogP contribution in [-0.4, -0.2) is 5.91 Å². The highest BCUT2D eigenvalue weighted by atomic mass is 16.1. The minimum absolute atomic E-state index is 0.223. The SMILES string of the molecule is N#C/C(=C\[C@H]1CC=CCC1)C(=O)NCc1ccccc1. The summed E-state index contributed by atoms with van der Waals surface area (Å²) >= 11 is 0. The number of amides is 1. The van der Waals surface area contributed by atoms with Crippen LogP contribution in [0.25, 0.3) is 0 Å². The number of benzene rings is 1. The standard InChI is InChI=1S/C17H18N2O/c18-12-16(11-14-7-3-1-4-8-14)17(20)19-13-15-9-5-2-6-10-15/h1-3,5-6,9-11,14H,4,7-8,13H2,(H,19,20)/b16-11+/t14-/m0/s1. The molecular weight excluding hydrogens is 248 g/mol. The molecule has 0 saturated heterocycles. The zero-order chi connectivity index (χ0) is 14.2. The Balaban J connectivity index is 1.94. The van der Waals surface area contributed by atoms with E-state index in [2.05, 4.69) is 17.5 Å². The molecule has 1 aromatic rings. The number of rotatable bonds is 4. The van der Waals surface area contributed by atoms with E-state index in [0.29, 0.717) is 12.5 Å². The molecule has 20 heavy (non-hydrogen) atoms. The normalized spacial score (nSPS) is 18.4. The number of nitrogens with zero attached hydrogens (tertiary/aromatic N) is 1. The van der Waals surface area contributed by atoms with Gasteiger partial charge in [0.1, 0.15) is 11.6 Å². The van der Waals surface area contributed by atoms with E-state index < -0.39 is 0 Å². The molecule has 2 rings (SSSR count). The van der Waals surface area contributed by atoms with Gasteiger partial charge in [0.25, 0.3) is 5.91 Å². The predicted molar refractivity (Wildman–Crippen MR) is 78.5 cm³/mol. The molecule has 3 nitrogen and oxygen atoms in total. The molecule has 1 aliphatic carbocycles. The van der Waals surface area contributed by atoms with Gasteiger partial charge in [-0.1, -0.05) is 48.6 Å². The molecular formula is C17H18N2O. The Morgan fingerprint density at radius 2 is 2.15 bits per heavy atom. The summed E-state index contributed by atoms with van der Waals surface area (Å²) in [6.07, 6.45) is 9.01. The van der Waals surface area contributed by atoms with Gasteiger partial charge in [0.05, 0.1) is 0 Å². The Morgan fingerprint density at radius 3 is 2.80 bits per heavy atom. The smallest absolute Gasteiger partial charge is 0.261 e. The Kier molecular flexibility index (Phi) is 5.14. The molecule has 1 atom stereocenters. The van der Waals surface area contributed by atoms with Gasteiger partial charge < -0.3 is 5.32 Å². The van der Waals surface area contributed by atoms with E-state index in [1.165, 1.54) is 0 Å². The summed E-state index contributed by atoms with van der Waals surface area (Å²) in [5.74, 6) is 0.0167. The molecule has 3 heteroatoms. The molecule has 0 bridgehead atoms. The Hall–Kier alpha value is -2.34. The average molecular weight is 266 g/mol. The van der Waals surface area contributed by atoms with Gasteiger partial charge in [0.15, 0.2) is 0 Å². The molecule has 0 radical (unpaired) electrons. The van der Waals surface area contributed by atoms with Crippen molar-refractivity contribution < 1.29 is 4.79 Å². The van der Waals surface area contributed by atoms with E-state index in [-0.39, 0.29) is 11.5 Å². The molecule has 102 valence electrons. The second-order valence-corrected chi connectivity index (χ2v) is 4.90. The number of hydrogen-bond donors (Lipinski definition) is 1. The number of allylic oxidation sites excluding steroid dienone is 3. The van der Waals surface area contributed by atoms with E-state index in [1.54, 1.807) is 0 Å². The van der Waals surface area contributed by atoms with Crippen LogP contribution >= 0.6 is 0 Å². The van der Waals surface area contributed by atoms with Crippen LogP contribution < -0.4 is 5.32 Å². The maximum Gasteiger partial charge on any atom is 0.261 e. The largest absolute Gasteiger partial charge is 0.347 e. The van der Waals surface area contributed by atoms with Crippen LogP contribution in [0.2, 0.25) is 0 Å². The van der Waals surface area contributed by atoms with Gasteiger partial charge in [0.2, 0.25) is 0 Å². The fourth-order valence-electron chi connectivity index (χ4n) is 2.24. The summed E-state index contributed by atoms with van der Waals surface area (Å²) < 4.78 is 0. The van der Waals surface area contributed by atoms with Crippen molar-refractivity contribution in [2.75, 3.05) is 0 Å². The number of carbonyl (C=O) groups is 1. The van der Waals surface area contributed by atoms with Gasteiger partial charge in [0, 0.05) is 6.54 Å². The van der Waals surface area contributed by atoms with Crippen LogP contribution in [0.4, 0.5) is 0 Å². The van der Waals surface area contributed by atoms with Gasteiger partial charge in [-0.25, -0.2) is 0 Å². The summed E-state index contributed by atoms with van der Waals surface area (Å²) in [6.45, 7) is 0.448. The topological polar surface area (TPSA) is 52.9 Å². The second kappa shape index (κ2) is 7.30. The van der Waals surface area contributed by atoms with Crippen LogP contribution in [0.3, 0.4) is 0 Å². The van der Waals surface area contributed by atoms with Gasteiger partial charge in [-0.3, -0.25) is 4.79 Å². The maximum absolute atomic E-state index is 12.0. The fourth-order valence-corrected chi connectivity index (χ4v) is 2.24. The molecule has 1 N–H and O–H groups in total. The molecule has 0 saturated carbocycles. The van der Waals surface area contributed by atoms with Crippen molar-refractivity contribution in [1.82, 2.24) is 5.32 Å². The van der Waals surface area contributed by atoms with Crippen molar-refractivity contribution in [2.45, 2.75) is 25.8 Å². The summed E-state index contributed by atoms with van der Waals surface area (Å²) in [4.78, 5) is 12.0. The first-order valence-corrected chi connectivity index (χ1v) is 6.88. The van der Waals surface area contributed by atoms with Crippen molar-refractivity contribution >= 4 is 5.91 Å². The van der Waals surface area contributed by atoms with Crippen LogP contribution in [-0.2, 0) is 11.3 Å². The summed E-state index contributed by atoms with van der Waals surface area (Å²) in [5.41, 5.74) is 1.25. The number of nitriles is 1. The van der Waals surface area contributed by atoms with Crippen molar-refractivity contribution in [3.8, 4) is 6.07 Å². The van der Waals surface area contributed by atoms with Crippen LogP contribution in [0.15, 0.2) is 54.1 Å². The number of carbonyl (C=O) groups excluding carboxylic acids is 1.